The second kappa shape index (κ2) is 7.65. The van der Waals surface area contributed by atoms with E-state index in [2.05, 4.69) is 35.3 Å². The molecule has 1 aliphatic heterocycles. The highest BCUT2D eigenvalue weighted by molar-refractivity contribution is 5.37. The van der Waals surface area contributed by atoms with E-state index in [9.17, 15) is 0 Å². The van der Waals surface area contributed by atoms with Crippen LogP contribution < -0.4 is 10.1 Å². The number of likely N-dealkylation sites (tertiary alicyclic amines) is 1. The topological polar surface area (TPSA) is 24.5 Å². The summed E-state index contributed by atoms with van der Waals surface area (Å²) in [5.74, 6) is 1.91. The molecule has 1 aromatic rings. The summed E-state index contributed by atoms with van der Waals surface area (Å²) in [7, 11) is 3.75. The molecule has 2 rings (SSSR count). The smallest absolute Gasteiger partial charge is 0.123 e. The van der Waals surface area contributed by atoms with Gasteiger partial charge in [0.25, 0.3) is 0 Å². The first-order valence-corrected chi connectivity index (χ1v) is 7.79. The van der Waals surface area contributed by atoms with E-state index >= 15 is 0 Å². The Hall–Kier alpha value is -1.06. The Labute approximate surface area is 123 Å². The number of hydrogen-bond acceptors (Lipinski definition) is 3. The Morgan fingerprint density at radius 1 is 1.40 bits per heavy atom. The van der Waals surface area contributed by atoms with Crippen molar-refractivity contribution >= 4 is 0 Å². The molecule has 1 unspecified atom stereocenters. The van der Waals surface area contributed by atoms with Crippen LogP contribution >= 0.6 is 0 Å². The van der Waals surface area contributed by atoms with E-state index in [0.29, 0.717) is 0 Å². The number of nitrogens with zero attached hydrogens (tertiary/aromatic N) is 1. The molecule has 1 saturated heterocycles. The Morgan fingerprint density at radius 3 is 2.95 bits per heavy atom. The fraction of sp³-hybridized carbons (Fsp3) is 0.647. The molecule has 1 aliphatic rings. The van der Waals surface area contributed by atoms with Crippen molar-refractivity contribution in [2.24, 2.45) is 5.92 Å². The van der Waals surface area contributed by atoms with E-state index in [1.807, 2.05) is 7.05 Å². The van der Waals surface area contributed by atoms with Gasteiger partial charge in [-0.25, -0.2) is 0 Å². The highest BCUT2D eigenvalue weighted by atomic mass is 16.5. The molecule has 112 valence electrons. The molecule has 1 N–H and O–H groups in total. The SMILES string of the molecule is CCCC1CCN(Cc2cc(CNC)ccc2OC)C1. The molecule has 0 radical (unpaired) electrons. The second-order valence-corrected chi connectivity index (χ2v) is 5.86. The van der Waals surface area contributed by atoms with Crippen LogP contribution in [-0.4, -0.2) is 32.1 Å². The van der Waals surface area contributed by atoms with Gasteiger partial charge in [0, 0.05) is 25.2 Å². The Bertz CT molecular complexity index is 419. The zero-order valence-electron chi connectivity index (χ0n) is 13.1. The zero-order valence-corrected chi connectivity index (χ0v) is 13.1. The number of methoxy groups -OCH3 is 1. The third-order valence-electron chi connectivity index (χ3n) is 4.19. The average molecular weight is 276 g/mol. The molecule has 0 aliphatic carbocycles. The van der Waals surface area contributed by atoms with Crippen molar-refractivity contribution in [1.29, 1.82) is 0 Å². The number of benzene rings is 1. The van der Waals surface area contributed by atoms with Gasteiger partial charge in [0.05, 0.1) is 7.11 Å². The van der Waals surface area contributed by atoms with Gasteiger partial charge in [-0.15, -0.1) is 0 Å². The van der Waals surface area contributed by atoms with E-state index < -0.39 is 0 Å². The Balaban J connectivity index is 2.02. The van der Waals surface area contributed by atoms with Crippen molar-refractivity contribution < 1.29 is 4.74 Å². The summed E-state index contributed by atoms with van der Waals surface area (Å²) >= 11 is 0. The van der Waals surface area contributed by atoms with Crippen molar-refractivity contribution in [3.8, 4) is 5.75 Å². The molecule has 0 amide bonds. The summed E-state index contributed by atoms with van der Waals surface area (Å²) in [6, 6.07) is 6.52. The number of hydrogen-bond donors (Lipinski definition) is 1. The molecular formula is C17H28N2O. The first kappa shape index (κ1) is 15.3. The van der Waals surface area contributed by atoms with Gasteiger partial charge in [0.2, 0.25) is 0 Å². The zero-order chi connectivity index (χ0) is 14.4. The summed E-state index contributed by atoms with van der Waals surface area (Å²) in [6.45, 7) is 6.68. The Kier molecular flexibility index (Phi) is 5.86. The molecule has 3 nitrogen and oxygen atoms in total. The van der Waals surface area contributed by atoms with Crippen molar-refractivity contribution in [3.63, 3.8) is 0 Å². The van der Waals surface area contributed by atoms with Gasteiger partial charge in [-0.2, -0.15) is 0 Å². The number of nitrogens with one attached hydrogen (secondary N) is 1. The van der Waals surface area contributed by atoms with Crippen LogP contribution in [0.3, 0.4) is 0 Å². The van der Waals surface area contributed by atoms with Gasteiger partial charge in [-0.3, -0.25) is 4.90 Å². The fourth-order valence-electron chi connectivity index (χ4n) is 3.21. The van der Waals surface area contributed by atoms with Crippen LogP contribution in [0, 0.1) is 5.92 Å². The van der Waals surface area contributed by atoms with Gasteiger partial charge >= 0.3 is 0 Å². The lowest BCUT2D eigenvalue weighted by Crippen LogP contribution is -2.20. The molecule has 1 fully saturated rings. The molecule has 0 bridgehead atoms. The highest BCUT2D eigenvalue weighted by Crippen LogP contribution is 2.26. The highest BCUT2D eigenvalue weighted by Gasteiger charge is 2.22. The lowest BCUT2D eigenvalue weighted by molar-refractivity contribution is 0.305. The van der Waals surface area contributed by atoms with Crippen LogP contribution in [0.1, 0.15) is 37.3 Å². The monoisotopic (exact) mass is 276 g/mol. The normalized spacial score (nSPS) is 19.4. The minimum atomic E-state index is 0.895. The summed E-state index contributed by atoms with van der Waals surface area (Å²) in [6.07, 6.45) is 4.03. The lowest BCUT2D eigenvalue weighted by Gasteiger charge is -2.18. The lowest BCUT2D eigenvalue weighted by atomic mass is 10.0. The van der Waals surface area contributed by atoms with Crippen LogP contribution in [-0.2, 0) is 13.1 Å². The predicted molar refractivity (Wildman–Crippen MR) is 84.0 cm³/mol. The maximum atomic E-state index is 5.52. The summed E-state index contributed by atoms with van der Waals surface area (Å²) in [5.41, 5.74) is 2.64. The second-order valence-electron chi connectivity index (χ2n) is 5.86. The molecule has 1 atom stereocenters. The molecular weight excluding hydrogens is 248 g/mol. The molecule has 1 aromatic carbocycles. The first-order chi connectivity index (χ1) is 9.76. The van der Waals surface area contributed by atoms with E-state index in [1.165, 1.54) is 43.5 Å². The maximum Gasteiger partial charge on any atom is 0.123 e. The van der Waals surface area contributed by atoms with Crippen molar-refractivity contribution in [1.82, 2.24) is 10.2 Å². The van der Waals surface area contributed by atoms with Gasteiger partial charge < -0.3 is 10.1 Å². The van der Waals surface area contributed by atoms with Crippen LogP contribution in [0.5, 0.6) is 5.75 Å². The Morgan fingerprint density at radius 2 is 2.25 bits per heavy atom. The number of rotatable bonds is 7. The third kappa shape index (κ3) is 3.97. The summed E-state index contributed by atoms with van der Waals surface area (Å²) < 4.78 is 5.52. The van der Waals surface area contributed by atoms with E-state index in [1.54, 1.807) is 7.11 Å². The van der Waals surface area contributed by atoms with E-state index in [4.69, 9.17) is 4.74 Å². The standard InChI is InChI=1S/C17H28N2O/c1-4-5-14-8-9-19(12-14)13-16-10-15(11-18-2)6-7-17(16)20-3/h6-7,10,14,18H,4-5,8-9,11-13H2,1-3H3. The fourth-order valence-corrected chi connectivity index (χ4v) is 3.21. The summed E-state index contributed by atoms with van der Waals surface area (Å²) in [5, 5.41) is 3.21. The van der Waals surface area contributed by atoms with Crippen LogP contribution in [0.25, 0.3) is 0 Å². The molecule has 0 saturated carbocycles. The van der Waals surface area contributed by atoms with Crippen LogP contribution in [0.2, 0.25) is 0 Å². The first-order valence-electron chi connectivity index (χ1n) is 7.79. The summed E-state index contributed by atoms with van der Waals surface area (Å²) in [4.78, 5) is 2.57. The maximum absolute atomic E-state index is 5.52. The van der Waals surface area contributed by atoms with Gasteiger partial charge in [0.1, 0.15) is 5.75 Å². The van der Waals surface area contributed by atoms with Gasteiger partial charge in [-0.05, 0) is 50.0 Å². The quantitative estimate of drug-likeness (QED) is 0.828. The molecule has 0 aromatic heterocycles. The third-order valence-corrected chi connectivity index (χ3v) is 4.19. The molecule has 0 spiro atoms. The average Bonchev–Trinajstić information content (AvgIpc) is 2.87. The minimum Gasteiger partial charge on any atom is -0.496 e. The van der Waals surface area contributed by atoms with Crippen molar-refractivity contribution in [2.75, 3.05) is 27.2 Å². The van der Waals surface area contributed by atoms with Crippen molar-refractivity contribution in [2.45, 2.75) is 39.3 Å². The van der Waals surface area contributed by atoms with Crippen molar-refractivity contribution in [3.05, 3.63) is 29.3 Å². The number of ether oxygens (including phenoxy) is 1. The molecule has 3 heteroatoms. The van der Waals surface area contributed by atoms with Crippen LogP contribution in [0.15, 0.2) is 18.2 Å². The van der Waals surface area contributed by atoms with Crippen LogP contribution in [0.4, 0.5) is 0 Å². The van der Waals surface area contributed by atoms with E-state index in [-0.39, 0.29) is 0 Å². The van der Waals surface area contributed by atoms with E-state index in [0.717, 1.165) is 24.8 Å². The minimum absolute atomic E-state index is 0.895. The van der Waals surface area contributed by atoms with Gasteiger partial charge in [-0.1, -0.05) is 19.4 Å². The molecule has 1 heterocycles. The van der Waals surface area contributed by atoms with Gasteiger partial charge in [0.15, 0.2) is 0 Å². The molecule has 20 heavy (non-hydrogen) atoms. The predicted octanol–water partition coefficient (Wildman–Crippen LogP) is 3.04. The largest absolute Gasteiger partial charge is 0.496 e.